The highest BCUT2D eigenvalue weighted by Crippen LogP contribution is 2.11. The Morgan fingerprint density at radius 1 is 0.443 bits per heavy atom. The molecule has 0 aliphatic heterocycles. The Morgan fingerprint density at radius 3 is 1.15 bits per heavy atom. The van der Waals surface area contributed by atoms with Gasteiger partial charge >= 0.3 is 5.97 Å². The highest BCUT2D eigenvalue weighted by Gasteiger charge is 2.34. The van der Waals surface area contributed by atoms with Crippen molar-refractivity contribution in [3.8, 4) is 0 Å². The molecule has 0 aliphatic rings. The summed E-state index contributed by atoms with van der Waals surface area (Å²) in [5.74, 6) is -2.74. The molecule has 0 aromatic rings. The van der Waals surface area contributed by atoms with Crippen LogP contribution in [0.5, 0.6) is 0 Å². The maximum atomic E-state index is 13.2. The van der Waals surface area contributed by atoms with Crippen molar-refractivity contribution in [1.29, 1.82) is 0 Å². The second-order valence-corrected chi connectivity index (χ2v) is 12.1. The number of amides is 4. The van der Waals surface area contributed by atoms with Crippen LogP contribution in [0.25, 0.3) is 31.3 Å². The minimum Gasteiger partial charge on any atom is -0.480 e. The molecule has 0 heterocycles. The molecule has 0 radical (unpaired) electrons. The normalized spacial score (nSPS) is 11.5. The van der Waals surface area contributed by atoms with Gasteiger partial charge in [-0.2, -0.15) is 0 Å². The maximum Gasteiger partial charge on any atom is 0.329 e. The van der Waals surface area contributed by atoms with Gasteiger partial charge in [-0.3, -0.25) is 19.2 Å². The van der Waals surface area contributed by atoms with Gasteiger partial charge in [0.05, 0.1) is 106 Å². The van der Waals surface area contributed by atoms with Crippen LogP contribution in [0.15, 0.2) is 15.3 Å². The van der Waals surface area contributed by atoms with Gasteiger partial charge in [0.25, 0.3) is 0 Å². The van der Waals surface area contributed by atoms with E-state index in [0.717, 1.165) is 0 Å². The number of carboxylic acids is 1. The fraction of sp³-hybridized carbons (Fsp3) is 0.848. The van der Waals surface area contributed by atoms with Crippen molar-refractivity contribution in [2.24, 2.45) is 15.3 Å². The van der Waals surface area contributed by atoms with E-state index in [1.54, 1.807) is 0 Å². The molecule has 0 aromatic heterocycles. The second kappa shape index (κ2) is 41.6. The first-order valence-electron chi connectivity index (χ1n) is 19.2. The second-order valence-electron chi connectivity index (χ2n) is 12.1. The Hall–Kier alpha value is -5.08. The van der Waals surface area contributed by atoms with Crippen molar-refractivity contribution in [1.82, 2.24) is 21.3 Å². The summed E-state index contributed by atoms with van der Waals surface area (Å²) in [6, 6.07) is 0. The van der Waals surface area contributed by atoms with Crippen LogP contribution < -0.4 is 21.3 Å². The summed E-state index contributed by atoms with van der Waals surface area (Å²) in [7, 11) is 0. The SMILES string of the molecule is [N-]=[N+]=NCCOCCNC(=O)CCOCC(COCCC(=O)NCCOCCN=[N+]=[N-])(COCCC(=O)NCCOCCN=[N+]=[N-])NC(=O)COCCOCCOCC(=O)O. The third-order valence-electron chi connectivity index (χ3n) is 7.07. The number of carbonyl (C=O) groups excluding carboxylic acids is 4. The molecule has 0 atom stereocenters. The Kier molecular flexibility index (Phi) is 38.2. The van der Waals surface area contributed by atoms with Crippen LogP contribution in [0.2, 0.25) is 0 Å². The van der Waals surface area contributed by atoms with E-state index < -0.39 is 30.6 Å². The van der Waals surface area contributed by atoms with Crippen LogP contribution in [-0.2, 0) is 66.6 Å². The average molecular weight is 878 g/mol. The first-order chi connectivity index (χ1) is 29.7. The van der Waals surface area contributed by atoms with E-state index in [9.17, 15) is 24.0 Å². The quantitative estimate of drug-likeness (QED) is 0.0223. The van der Waals surface area contributed by atoms with Crippen molar-refractivity contribution in [3.63, 3.8) is 0 Å². The van der Waals surface area contributed by atoms with Gasteiger partial charge in [-0.15, -0.1) is 0 Å². The smallest absolute Gasteiger partial charge is 0.329 e. The molecule has 346 valence electrons. The number of nitrogens with zero attached hydrogens (tertiary/aromatic N) is 9. The van der Waals surface area contributed by atoms with Gasteiger partial charge in [0, 0.05) is 73.3 Å². The topological polar surface area (TPSA) is 383 Å². The number of rotatable bonds is 44. The molecule has 0 rings (SSSR count). The van der Waals surface area contributed by atoms with Gasteiger partial charge in [0.2, 0.25) is 23.6 Å². The van der Waals surface area contributed by atoms with Crippen LogP contribution in [0.3, 0.4) is 0 Å². The van der Waals surface area contributed by atoms with Gasteiger partial charge in [0.15, 0.2) is 0 Å². The average Bonchev–Trinajstić information content (AvgIpc) is 3.23. The first-order valence-corrected chi connectivity index (χ1v) is 19.2. The maximum absolute atomic E-state index is 13.2. The highest BCUT2D eigenvalue weighted by molar-refractivity contribution is 5.78. The molecule has 0 saturated heterocycles. The molecule has 0 bridgehead atoms. The third kappa shape index (κ3) is 38.9. The zero-order valence-corrected chi connectivity index (χ0v) is 34.3. The van der Waals surface area contributed by atoms with Crippen molar-refractivity contribution >= 4 is 29.6 Å². The van der Waals surface area contributed by atoms with Crippen molar-refractivity contribution < 1.29 is 71.7 Å². The summed E-state index contributed by atoms with van der Waals surface area (Å²) in [6.07, 6.45) is -0.167. The van der Waals surface area contributed by atoms with Gasteiger partial charge in [-0.1, -0.05) is 15.3 Å². The van der Waals surface area contributed by atoms with E-state index in [1.807, 2.05) is 0 Å². The van der Waals surface area contributed by atoms with Crippen LogP contribution in [0.4, 0.5) is 0 Å². The van der Waals surface area contributed by atoms with Gasteiger partial charge < -0.3 is 69.0 Å². The molecular weight excluding hydrogens is 818 g/mol. The summed E-state index contributed by atoms with van der Waals surface area (Å²) in [5, 5.41) is 29.5. The largest absolute Gasteiger partial charge is 0.480 e. The van der Waals surface area contributed by atoms with E-state index in [-0.39, 0.29) is 182 Å². The predicted molar refractivity (Wildman–Crippen MR) is 211 cm³/mol. The van der Waals surface area contributed by atoms with Crippen molar-refractivity contribution in [2.75, 3.05) is 158 Å². The molecule has 61 heavy (non-hydrogen) atoms. The van der Waals surface area contributed by atoms with Crippen molar-refractivity contribution in [2.45, 2.75) is 24.8 Å². The third-order valence-corrected chi connectivity index (χ3v) is 7.07. The van der Waals surface area contributed by atoms with Crippen molar-refractivity contribution in [3.05, 3.63) is 31.3 Å². The summed E-state index contributed by atoms with van der Waals surface area (Å²) < 4.78 is 48.9. The van der Waals surface area contributed by atoms with E-state index in [2.05, 4.69) is 51.3 Å². The Bertz CT molecular complexity index is 1240. The lowest BCUT2D eigenvalue weighted by Gasteiger charge is -2.34. The van der Waals surface area contributed by atoms with Gasteiger partial charge in [-0.25, -0.2) is 4.79 Å². The Labute approximate surface area is 352 Å². The lowest BCUT2D eigenvalue weighted by Crippen LogP contribution is -2.59. The molecule has 0 saturated carbocycles. The Balaban J connectivity index is 5.45. The molecule has 0 unspecified atom stereocenters. The van der Waals surface area contributed by atoms with Crippen LogP contribution in [0.1, 0.15) is 19.3 Å². The van der Waals surface area contributed by atoms with E-state index in [0.29, 0.717) is 0 Å². The molecule has 28 nitrogen and oxygen atoms in total. The number of azide groups is 3. The summed E-state index contributed by atoms with van der Waals surface area (Å²) in [4.78, 5) is 68.8. The number of ether oxygens (including phenoxy) is 9. The van der Waals surface area contributed by atoms with Crippen LogP contribution in [-0.4, -0.2) is 198 Å². The monoisotopic (exact) mass is 877 g/mol. The molecular formula is C33H59N13O15. The zero-order valence-electron chi connectivity index (χ0n) is 34.3. The summed E-state index contributed by atoms with van der Waals surface area (Å²) in [5.41, 5.74) is 23.5. The van der Waals surface area contributed by atoms with Crippen LogP contribution in [0, 0.1) is 0 Å². The van der Waals surface area contributed by atoms with E-state index in [1.165, 1.54) is 0 Å². The summed E-state index contributed by atoms with van der Waals surface area (Å²) >= 11 is 0. The van der Waals surface area contributed by atoms with Crippen LogP contribution >= 0.6 is 0 Å². The number of carboxylic acid groups (broad SMARTS) is 1. The molecule has 0 spiro atoms. The molecule has 0 fully saturated rings. The van der Waals surface area contributed by atoms with E-state index in [4.69, 9.17) is 64.3 Å². The number of nitrogens with one attached hydrogen (secondary N) is 4. The minimum atomic E-state index is -1.40. The Morgan fingerprint density at radius 2 is 0.787 bits per heavy atom. The number of hydrogen-bond donors (Lipinski definition) is 5. The molecule has 28 heteroatoms. The predicted octanol–water partition coefficient (Wildman–Crippen LogP) is -0.475. The fourth-order valence-electron chi connectivity index (χ4n) is 4.33. The molecule has 4 amide bonds. The number of carbonyl (C=O) groups is 5. The lowest BCUT2D eigenvalue weighted by molar-refractivity contribution is -0.142. The fourth-order valence-corrected chi connectivity index (χ4v) is 4.33. The molecule has 5 N–H and O–H groups in total. The minimum absolute atomic E-state index is 0.0126. The van der Waals surface area contributed by atoms with Gasteiger partial charge in [-0.05, 0) is 16.6 Å². The number of hydrogen-bond acceptors (Lipinski definition) is 17. The lowest BCUT2D eigenvalue weighted by atomic mass is 10.0. The molecule has 0 aliphatic carbocycles. The molecule has 0 aromatic carbocycles. The zero-order chi connectivity index (χ0) is 44.9. The summed E-state index contributed by atoms with van der Waals surface area (Å²) in [6.45, 7) is 0.749. The van der Waals surface area contributed by atoms with E-state index >= 15 is 0 Å². The van der Waals surface area contributed by atoms with Gasteiger partial charge in [0.1, 0.15) is 18.8 Å². The standard InChI is InChI=1S/C33H59N13O15/c34-44-40-7-16-53-13-4-37-28(47)1-10-59-25-33(26-60-11-2-29(48)38-5-14-54-17-8-41-45-35,27-61-12-3-30(49)39-6-15-55-18-9-42-46-36)43-31(50)23-57-21-19-56-20-22-58-24-32(51)52/h1-27H2,(H,37,47)(H,38,48)(H,39,49)(H,43,50)(H,51,52). The number of aliphatic carboxylic acids is 1. The first kappa shape index (κ1) is 55.9. The highest BCUT2D eigenvalue weighted by atomic mass is 16.6.